The van der Waals surface area contributed by atoms with Crippen LogP contribution in [0.2, 0.25) is 0 Å². The largest absolute Gasteiger partial charge is 0.497 e. The second-order valence-electron chi connectivity index (χ2n) is 3.44. The summed E-state index contributed by atoms with van der Waals surface area (Å²) in [6.07, 6.45) is -4.24. The van der Waals surface area contributed by atoms with E-state index in [1.165, 1.54) is 26.3 Å². The monoisotopic (exact) mass is 234 g/mol. The zero-order valence-corrected chi connectivity index (χ0v) is 9.01. The molecule has 90 valence electrons. The van der Waals surface area contributed by atoms with Gasteiger partial charge in [0, 0.05) is 30.6 Å². The second-order valence-corrected chi connectivity index (χ2v) is 3.44. The van der Waals surface area contributed by atoms with E-state index in [4.69, 9.17) is 10.5 Å². The number of nitrogens with two attached hydrogens (primary N) is 1. The first-order valence-corrected chi connectivity index (χ1v) is 4.54. The summed E-state index contributed by atoms with van der Waals surface area (Å²) in [7, 11) is 2.78. The highest BCUT2D eigenvalue weighted by atomic mass is 19.4. The molecule has 0 radical (unpaired) electrons. The summed E-state index contributed by atoms with van der Waals surface area (Å²) in [4.78, 5) is 1.07. The third-order valence-electron chi connectivity index (χ3n) is 2.01. The van der Waals surface area contributed by atoms with Crippen molar-refractivity contribution in [2.24, 2.45) is 0 Å². The number of benzene rings is 1. The molecule has 1 rings (SSSR count). The van der Waals surface area contributed by atoms with Gasteiger partial charge >= 0.3 is 6.18 Å². The fourth-order valence-corrected chi connectivity index (χ4v) is 1.30. The zero-order chi connectivity index (χ0) is 12.3. The molecule has 0 aromatic heterocycles. The minimum atomic E-state index is -4.24. The lowest BCUT2D eigenvalue weighted by molar-refractivity contribution is -0.119. The maximum atomic E-state index is 12.2. The molecule has 0 spiro atoms. The Morgan fingerprint density at radius 1 is 1.31 bits per heavy atom. The number of alkyl halides is 3. The SMILES string of the molecule is COc1cc(N)cc(N(C)CC(F)(F)F)c1. The summed E-state index contributed by atoms with van der Waals surface area (Å²) in [6, 6.07) is 4.52. The summed E-state index contributed by atoms with van der Waals surface area (Å²) >= 11 is 0. The van der Waals surface area contributed by atoms with Crippen LogP contribution in [0.15, 0.2) is 18.2 Å². The molecular weight excluding hydrogens is 221 g/mol. The number of anilines is 2. The standard InChI is InChI=1S/C10H13F3N2O/c1-15(6-10(11,12)13)8-3-7(14)4-9(5-8)16-2/h3-5H,6,14H2,1-2H3. The lowest BCUT2D eigenvalue weighted by Gasteiger charge is -2.21. The van der Waals surface area contributed by atoms with Crippen LogP contribution in [0.5, 0.6) is 5.75 Å². The normalized spacial score (nSPS) is 11.3. The first-order chi connectivity index (χ1) is 7.31. The summed E-state index contributed by atoms with van der Waals surface area (Å²) in [5.74, 6) is 0.434. The molecule has 0 aliphatic carbocycles. The molecule has 2 N–H and O–H groups in total. The Morgan fingerprint density at radius 3 is 2.44 bits per heavy atom. The molecule has 1 aromatic rings. The number of nitrogens with zero attached hydrogens (tertiary/aromatic N) is 1. The van der Waals surface area contributed by atoms with E-state index >= 15 is 0 Å². The minimum absolute atomic E-state index is 0.364. The maximum Gasteiger partial charge on any atom is 0.405 e. The first kappa shape index (κ1) is 12.5. The molecule has 0 bridgehead atoms. The van der Waals surface area contributed by atoms with Crippen molar-refractivity contribution in [1.29, 1.82) is 0 Å². The van der Waals surface area contributed by atoms with Crippen molar-refractivity contribution in [3.05, 3.63) is 18.2 Å². The maximum absolute atomic E-state index is 12.2. The van der Waals surface area contributed by atoms with E-state index in [0.717, 1.165) is 4.90 Å². The van der Waals surface area contributed by atoms with Crippen LogP contribution in [0.3, 0.4) is 0 Å². The van der Waals surface area contributed by atoms with Crippen LogP contribution in [0.25, 0.3) is 0 Å². The van der Waals surface area contributed by atoms with E-state index in [9.17, 15) is 13.2 Å². The van der Waals surface area contributed by atoms with Gasteiger partial charge in [0.25, 0.3) is 0 Å². The van der Waals surface area contributed by atoms with Crippen LogP contribution in [-0.4, -0.2) is 26.9 Å². The van der Waals surface area contributed by atoms with Crippen molar-refractivity contribution in [2.45, 2.75) is 6.18 Å². The Bertz CT molecular complexity index is 366. The van der Waals surface area contributed by atoms with E-state index in [1.54, 1.807) is 6.07 Å². The van der Waals surface area contributed by atoms with E-state index in [2.05, 4.69) is 0 Å². The second kappa shape index (κ2) is 4.51. The minimum Gasteiger partial charge on any atom is -0.497 e. The van der Waals surface area contributed by atoms with E-state index < -0.39 is 12.7 Å². The third-order valence-corrected chi connectivity index (χ3v) is 2.01. The third kappa shape index (κ3) is 3.52. The van der Waals surface area contributed by atoms with Crippen molar-refractivity contribution in [3.63, 3.8) is 0 Å². The van der Waals surface area contributed by atoms with Gasteiger partial charge < -0.3 is 15.4 Å². The van der Waals surface area contributed by atoms with Gasteiger partial charge in [0.2, 0.25) is 0 Å². The van der Waals surface area contributed by atoms with Crippen LogP contribution >= 0.6 is 0 Å². The van der Waals surface area contributed by atoms with E-state index in [-0.39, 0.29) is 0 Å². The van der Waals surface area contributed by atoms with Gasteiger partial charge in [-0.05, 0) is 6.07 Å². The van der Waals surface area contributed by atoms with Gasteiger partial charge in [0.1, 0.15) is 12.3 Å². The van der Waals surface area contributed by atoms with Gasteiger partial charge in [-0.1, -0.05) is 0 Å². The number of hydrogen-bond acceptors (Lipinski definition) is 3. The quantitative estimate of drug-likeness (QED) is 0.815. The molecule has 0 aliphatic heterocycles. The van der Waals surface area contributed by atoms with Crippen LogP contribution < -0.4 is 15.4 Å². The van der Waals surface area contributed by atoms with Crippen molar-refractivity contribution >= 4 is 11.4 Å². The van der Waals surface area contributed by atoms with Gasteiger partial charge in [-0.2, -0.15) is 13.2 Å². The molecule has 6 heteroatoms. The van der Waals surface area contributed by atoms with E-state index in [0.29, 0.717) is 17.1 Å². The Labute approximate surface area is 91.6 Å². The number of halogens is 3. The smallest absolute Gasteiger partial charge is 0.405 e. The average molecular weight is 234 g/mol. The molecule has 0 saturated carbocycles. The Morgan fingerprint density at radius 2 is 1.94 bits per heavy atom. The van der Waals surface area contributed by atoms with Gasteiger partial charge in [-0.15, -0.1) is 0 Å². The molecule has 16 heavy (non-hydrogen) atoms. The van der Waals surface area contributed by atoms with Crippen molar-refractivity contribution in [1.82, 2.24) is 0 Å². The lowest BCUT2D eigenvalue weighted by atomic mass is 10.2. The summed E-state index contributed by atoms with van der Waals surface area (Å²) < 4.78 is 41.4. The molecule has 3 nitrogen and oxygen atoms in total. The average Bonchev–Trinajstić information content (AvgIpc) is 2.14. The number of ether oxygens (including phenoxy) is 1. The predicted molar refractivity (Wildman–Crippen MR) is 56.7 cm³/mol. The fraction of sp³-hybridized carbons (Fsp3) is 0.400. The molecule has 0 saturated heterocycles. The highest BCUT2D eigenvalue weighted by Gasteiger charge is 2.29. The lowest BCUT2D eigenvalue weighted by Crippen LogP contribution is -2.30. The molecule has 1 aromatic carbocycles. The van der Waals surface area contributed by atoms with Crippen LogP contribution in [0, 0.1) is 0 Å². The highest BCUT2D eigenvalue weighted by molar-refractivity contribution is 5.60. The Kier molecular flexibility index (Phi) is 3.51. The molecule has 0 unspecified atom stereocenters. The topological polar surface area (TPSA) is 38.5 Å². The first-order valence-electron chi connectivity index (χ1n) is 4.54. The fourth-order valence-electron chi connectivity index (χ4n) is 1.30. The summed E-state index contributed by atoms with van der Waals surface area (Å²) in [5, 5.41) is 0. The van der Waals surface area contributed by atoms with Crippen LogP contribution in [0.4, 0.5) is 24.5 Å². The van der Waals surface area contributed by atoms with E-state index in [1.807, 2.05) is 0 Å². The van der Waals surface area contributed by atoms with Crippen molar-refractivity contribution in [3.8, 4) is 5.75 Å². The number of methoxy groups -OCH3 is 1. The molecule has 0 fully saturated rings. The molecule has 0 atom stereocenters. The summed E-state index contributed by atoms with van der Waals surface area (Å²) in [6.45, 7) is -1.03. The molecule has 0 heterocycles. The van der Waals surface area contributed by atoms with Gasteiger partial charge in [0.15, 0.2) is 0 Å². The number of nitrogen functional groups attached to an aromatic ring is 1. The number of hydrogen-bond donors (Lipinski definition) is 1. The Balaban J connectivity index is 2.90. The van der Waals surface area contributed by atoms with Crippen LogP contribution in [0.1, 0.15) is 0 Å². The molecule has 0 aliphatic rings. The Hall–Kier alpha value is -1.59. The molecular formula is C10H13F3N2O. The van der Waals surface area contributed by atoms with Crippen molar-refractivity contribution in [2.75, 3.05) is 31.3 Å². The van der Waals surface area contributed by atoms with Gasteiger partial charge in [0.05, 0.1) is 7.11 Å². The molecule has 0 amide bonds. The van der Waals surface area contributed by atoms with Gasteiger partial charge in [-0.3, -0.25) is 0 Å². The van der Waals surface area contributed by atoms with Crippen molar-refractivity contribution < 1.29 is 17.9 Å². The zero-order valence-electron chi connectivity index (χ0n) is 9.01. The highest BCUT2D eigenvalue weighted by Crippen LogP contribution is 2.27. The predicted octanol–water partition coefficient (Wildman–Crippen LogP) is 2.28. The summed E-state index contributed by atoms with van der Waals surface area (Å²) in [5.41, 5.74) is 6.28. The van der Waals surface area contributed by atoms with Crippen LogP contribution in [-0.2, 0) is 0 Å². The number of rotatable bonds is 3. The van der Waals surface area contributed by atoms with Gasteiger partial charge in [-0.25, -0.2) is 0 Å².